The highest BCUT2D eigenvalue weighted by atomic mass is 35.5. The van der Waals surface area contributed by atoms with E-state index < -0.39 is 5.82 Å². The Hall–Kier alpha value is -0.970. The van der Waals surface area contributed by atoms with E-state index in [2.05, 4.69) is 4.98 Å². The topological polar surface area (TPSA) is 33.1 Å². The molecular formula is C11H9ClFNOS. The summed E-state index contributed by atoms with van der Waals surface area (Å²) in [7, 11) is 0. The SMILES string of the molecule is OCCc1csc(-c2ccc(F)c(Cl)c2)n1. The van der Waals surface area contributed by atoms with Crippen LogP contribution in [0.4, 0.5) is 4.39 Å². The minimum absolute atomic E-state index is 0.0767. The van der Waals surface area contributed by atoms with Gasteiger partial charge in [-0.3, -0.25) is 0 Å². The van der Waals surface area contributed by atoms with Gasteiger partial charge < -0.3 is 5.11 Å². The molecule has 0 aliphatic heterocycles. The summed E-state index contributed by atoms with van der Waals surface area (Å²) in [5.74, 6) is -0.433. The third-order valence-electron chi connectivity index (χ3n) is 2.09. The van der Waals surface area contributed by atoms with Crippen molar-refractivity contribution in [2.75, 3.05) is 6.61 Å². The lowest BCUT2D eigenvalue weighted by Crippen LogP contribution is -1.90. The average molecular weight is 258 g/mol. The standard InChI is InChI=1S/C11H9ClFNOS/c12-9-5-7(1-2-10(9)13)11-14-8(3-4-15)6-16-11/h1-2,5-6,15H,3-4H2. The molecule has 5 heteroatoms. The van der Waals surface area contributed by atoms with Gasteiger partial charge in [-0.05, 0) is 18.2 Å². The second-order valence-corrected chi connectivity index (χ2v) is 4.51. The van der Waals surface area contributed by atoms with E-state index in [1.165, 1.54) is 17.4 Å². The Balaban J connectivity index is 2.31. The maximum absolute atomic E-state index is 13.0. The van der Waals surface area contributed by atoms with Gasteiger partial charge in [0.15, 0.2) is 0 Å². The second kappa shape index (κ2) is 4.91. The van der Waals surface area contributed by atoms with E-state index in [0.717, 1.165) is 16.3 Å². The molecule has 1 heterocycles. The van der Waals surface area contributed by atoms with Crippen molar-refractivity contribution >= 4 is 22.9 Å². The number of rotatable bonds is 3. The van der Waals surface area contributed by atoms with Crippen molar-refractivity contribution in [3.05, 3.63) is 40.1 Å². The Morgan fingerprint density at radius 1 is 1.44 bits per heavy atom. The Morgan fingerprint density at radius 3 is 2.94 bits per heavy atom. The molecule has 0 amide bonds. The normalized spacial score (nSPS) is 10.7. The maximum Gasteiger partial charge on any atom is 0.141 e. The van der Waals surface area contributed by atoms with Gasteiger partial charge in [0.05, 0.1) is 10.7 Å². The summed E-state index contributed by atoms with van der Waals surface area (Å²) in [6.45, 7) is 0.0767. The van der Waals surface area contributed by atoms with Crippen LogP contribution in [0.3, 0.4) is 0 Å². The summed E-state index contributed by atoms with van der Waals surface area (Å²) in [5, 5.41) is 11.5. The fourth-order valence-electron chi connectivity index (χ4n) is 1.30. The molecule has 1 N–H and O–H groups in total. The zero-order valence-electron chi connectivity index (χ0n) is 8.28. The molecule has 1 aromatic heterocycles. The highest BCUT2D eigenvalue weighted by Gasteiger charge is 2.07. The summed E-state index contributed by atoms with van der Waals surface area (Å²) < 4.78 is 13.0. The van der Waals surface area contributed by atoms with Crippen molar-refractivity contribution in [3.8, 4) is 10.6 Å². The minimum Gasteiger partial charge on any atom is -0.396 e. The van der Waals surface area contributed by atoms with Crippen LogP contribution < -0.4 is 0 Å². The lowest BCUT2D eigenvalue weighted by Gasteiger charge is -1.98. The van der Waals surface area contributed by atoms with Crippen molar-refractivity contribution in [2.45, 2.75) is 6.42 Å². The number of aliphatic hydroxyl groups is 1. The van der Waals surface area contributed by atoms with E-state index >= 15 is 0 Å². The molecule has 2 rings (SSSR count). The molecule has 0 bridgehead atoms. The van der Waals surface area contributed by atoms with Crippen molar-refractivity contribution in [3.63, 3.8) is 0 Å². The van der Waals surface area contributed by atoms with Gasteiger partial charge in [0.25, 0.3) is 0 Å². The predicted octanol–water partition coefficient (Wildman–Crippen LogP) is 3.14. The number of hydrogen-bond donors (Lipinski definition) is 1. The molecule has 0 atom stereocenters. The van der Waals surface area contributed by atoms with Gasteiger partial charge in [0.2, 0.25) is 0 Å². The number of aromatic nitrogens is 1. The van der Waals surface area contributed by atoms with Gasteiger partial charge in [0.1, 0.15) is 10.8 Å². The maximum atomic E-state index is 13.0. The van der Waals surface area contributed by atoms with E-state index in [1.807, 2.05) is 5.38 Å². The molecule has 2 nitrogen and oxygen atoms in total. The second-order valence-electron chi connectivity index (χ2n) is 3.25. The van der Waals surface area contributed by atoms with Gasteiger partial charge in [-0.25, -0.2) is 9.37 Å². The van der Waals surface area contributed by atoms with Gasteiger partial charge >= 0.3 is 0 Å². The van der Waals surface area contributed by atoms with Gasteiger partial charge in [-0.15, -0.1) is 11.3 Å². The zero-order chi connectivity index (χ0) is 11.5. The highest BCUT2D eigenvalue weighted by molar-refractivity contribution is 7.13. The minimum atomic E-state index is -0.433. The molecule has 0 spiro atoms. The van der Waals surface area contributed by atoms with Crippen LogP contribution in [0.5, 0.6) is 0 Å². The van der Waals surface area contributed by atoms with Crippen molar-refractivity contribution in [2.24, 2.45) is 0 Å². The Labute approximate surface area is 101 Å². The van der Waals surface area contributed by atoms with Gasteiger partial charge in [-0.1, -0.05) is 11.6 Å². The van der Waals surface area contributed by atoms with Gasteiger partial charge in [-0.2, -0.15) is 0 Å². The predicted molar refractivity (Wildman–Crippen MR) is 63.3 cm³/mol. The number of aliphatic hydroxyl groups excluding tert-OH is 1. The Bertz CT molecular complexity index is 500. The van der Waals surface area contributed by atoms with Crippen LogP contribution in [-0.2, 0) is 6.42 Å². The first-order valence-electron chi connectivity index (χ1n) is 4.71. The monoisotopic (exact) mass is 257 g/mol. The van der Waals surface area contributed by atoms with Crippen LogP contribution in [-0.4, -0.2) is 16.7 Å². The lowest BCUT2D eigenvalue weighted by atomic mass is 10.2. The van der Waals surface area contributed by atoms with Crippen molar-refractivity contribution < 1.29 is 9.50 Å². The summed E-state index contributed by atoms with van der Waals surface area (Å²) in [6.07, 6.45) is 0.533. The quantitative estimate of drug-likeness (QED) is 0.916. The fraction of sp³-hybridized carbons (Fsp3) is 0.182. The fourth-order valence-corrected chi connectivity index (χ4v) is 2.33. The molecule has 2 aromatic rings. The molecule has 0 saturated carbocycles. The summed E-state index contributed by atoms with van der Waals surface area (Å²) >= 11 is 7.15. The summed E-state index contributed by atoms with van der Waals surface area (Å²) in [6, 6.07) is 4.52. The van der Waals surface area contributed by atoms with E-state index in [9.17, 15) is 4.39 Å². The van der Waals surface area contributed by atoms with Gasteiger partial charge in [0, 0.05) is 24.0 Å². The zero-order valence-corrected chi connectivity index (χ0v) is 9.85. The third-order valence-corrected chi connectivity index (χ3v) is 3.32. The Morgan fingerprint density at radius 2 is 2.25 bits per heavy atom. The number of thiazole rings is 1. The smallest absolute Gasteiger partial charge is 0.141 e. The van der Waals surface area contributed by atoms with Crippen molar-refractivity contribution in [1.29, 1.82) is 0 Å². The summed E-state index contributed by atoms with van der Waals surface area (Å²) in [4.78, 5) is 4.32. The lowest BCUT2D eigenvalue weighted by molar-refractivity contribution is 0.298. The van der Waals surface area contributed by atoms with E-state index in [4.69, 9.17) is 16.7 Å². The molecule has 1 aromatic carbocycles. The molecule has 0 fully saturated rings. The molecule has 0 saturated heterocycles. The third kappa shape index (κ3) is 2.40. The van der Waals surface area contributed by atoms with Crippen LogP contribution in [0.1, 0.15) is 5.69 Å². The van der Waals surface area contributed by atoms with Crippen LogP contribution in [0, 0.1) is 5.82 Å². The molecular weight excluding hydrogens is 249 g/mol. The number of nitrogens with zero attached hydrogens (tertiary/aromatic N) is 1. The molecule has 0 aliphatic rings. The first-order chi connectivity index (χ1) is 7.70. The largest absolute Gasteiger partial charge is 0.396 e. The summed E-state index contributed by atoms with van der Waals surface area (Å²) in [5.41, 5.74) is 1.63. The van der Waals surface area contributed by atoms with Crippen LogP contribution in [0.25, 0.3) is 10.6 Å². The van der Waals surface area contributed by atoms with Crippen LogP contribution in [0.2, 0.25) is 5.02 Å². The van der Waals surface area contributed by atoms with E-state index in [1.54, 1.807) is 12.1 Å². The first-order valence-corrected chi connectivity index (χ1v) is 5.97. The van der Waals surface area contributed by atoms with E-state index in [0.29, 0.717) is 6.42 Å². The number of hydrogen-bond acceptors (Lipinski definition) is 3. The van der Waals surface area contributed by atoms with E-state index in [-0.39, 0.29) is 11.6 Å². The van der Waals surface area contributed by atoms with Crippen LogP contribution in [0.15, 0.2) is 23.6 Å². The molecule has 0 radical (unpaired) electrons. The Kier molecular flexibility index (Phi) is 3.53. The average Bonchev–Trinajstić information content (AvgIpc) is 2.71. The molecule has 0 unspecified atom stereocenters. The number of benzene rings is 1. The number of halogens is 2. The first kappa shape index (κ1) is 11.5. The highest BCUT2D eigenvalue weighted by Crippen LogP contribution is 2.27. The molecule has 0 aliphatic carbocycles. The molecule has 84 valence electrons. The van der Waals surface area contributed by atoms with Crippen LogP contribution >= 0.6 is 22.9 Å². The molecule has 16 heavy (non-hydrogen) atoms. The van der Waals surface area contributed by atoms with Crippen molar-refractivity contribution in [1.82, 2.24) is 4.98 Å².